The first kappa shape index (κ1) is 12.3. The van der Waals surface area contributed by atoms with Crippen LogP contribution in [0.3, 0.4) is 0 Å². The molecule has 0 aliphatic heterocycles. The summed E-state index contributed by atoms with van der Waals surface area (Å²) in [6, 6.07) is 0.117. The van der Waals surface area contributed by atoms with Gasteiger partial charge < -0.3 is 5.73 Å². The predicted molar refractivity (Wildman–Crippen MR) is 70.1 cm³/mol. The maximum atomic E-state index is 6.13. The van der Waals surface area contributed by atoms with Gasteiger partial charge in [-0.25, -0.2) is 4.98 Å². The molecule has 5 heteroatoms. The average molecular weight is 250 g/mol. The molecule has 2 aromatic rings. The number of hydrogen-bond acceptors (Lipinski definition) is 4. The molecule has 17 heavy (non-hydrogen) atoms. The molecule has 2 rings (SSSR count). The Morgan fingerprint density at radius 2 is 2.29 bits per heavy atom. The van der Waals surface area contributed by atoms with Crippen molar-refractivity contribution in [1.29, 1.82) is 0 Å². The molecular weight excluding hydrogens is 232 g/mol. The van der Waals surface area contributed by atoms with Gasteiger partial charge in [0.05, 0.1) is 16.9 Å². The van der Waals surface area contributed by atoms with Gasteiger partial charge in [0.25, 0.3) is 0 Å². The molecule has 4 nitrogen and oxygen atoms in total. The molecule has 2 aromatic heterocycles. The van der Waals surface area contributed by atoms with E-state index in [9.17, 15) is 0 Å². The van der Waals surface area contributed by atoms with Crippen LogP contribution in [0.4, 0.5) is 0 Å². The zero-order valence-electron chi connectivity index (χ0n) is 10.3. The molecule has 0 bridgehead atoms. The van der Waals surface area contributed by atoms with Gasteiger partial charge in [-0.1, -0.05) is 0 Å². The molecule has 1 atom stereocenters. The monoisotopic (exact) mass is 250 g/mol. The molecule has 2 heterocycles. The number of aromatic nitrogens is 3. The van der Waals surface area contributed by atoms with Crippen molar-refractivity contribution < 1.29 is 0 Å². The smallest absolute Gasteiger partial charge is 0.0897 e. The van der Waals surface area contributed by atoms with Gasteiger partial charge in [0.1, 0.15) is 0 Å². The minimum Gasteiger partial charge on any atom is -0.327 e. The number of nitrogens with zero attached hydrogens (tertiary/aromatic N) is 3. The fraction of sp³-hybridized carbons (Fsp3) is 0.500. The number of rotatable bonds is 5. The minimum absolute atomic E-state index is 0.117. The van der Waals surface area contributed by atoms with Gasteiger partial charge in [-0.05, 0) is 25.8 Å². The Balaban J connectivity index is 1.90. The van der Waals surface area contributed by atoms with E-state index in [2.05, 4.69) is 28.6 Å². The minimum atomic E-state index is 0.117. The molecule has 1 unspecified atom stereocenters. The molecule has 2 N–H and O–H groups in total. The van der Waals surface area contributed by atoms with Gasteiger partial charge in [0.2, 0.25) is 0 Å². The summed E-state index contributed by atoms with van der Waals surface area (Å²) in [5, 5.41) is 7.44. The summed E-state index contributed by atoms with van der Waals surface area (Å²) in [5.41, 5.74) is 8.43. The van der Waals surface area contributed by atoms with Crippen LogP contribution in [0.15, 0.2) is 17.8 Å². The van der Waals surface area contributed by atoms with Crippen molar-refractivity contribution in [1.82, 2.24) is 14.8 Å². The van der Waals surface area contributed by atoms with E-state index in [-0.39, 0.29) is 6.04 Å². The van der Waals surface area contributed by atoms with Crippen LogP contribution in [0, 0.1) is 6.92 Å². The van der Waals surface area contributed by atoms with Crippen LogP contribution in [0.2, 0.25) is 0 Å². The molecule has 0 aromatic carbocycles. The summed E-state index contributed by atoms with van der Waals surface area (Å²) in [5.74, 6) is 0. The molecular formula is C12H18N4S. The van der Waals surface area contributed by atoms with Gasteiger partial charge in [-0.15, -0.1) is 11.3 Å². The Hall–Kier alpha value is -1.20. The van der Waals surface area contributed by atoms with Crippen LogP contribution in [0.25, 0.3) is 0 Å². The second-order valence-corrected chi connectivity index (χ2v) is 5.29. The normalized spacial score (nSPS) is 12.9. The third kappa shape index (κ3) is 3.38. The third-order valence-corrected chi connectivity index (χ3v) is 3.47. The highest BCUT2D eigenvalue weighted by Gasteiger charge is 2.09. The van der Waals surface area contributed by atoms with Crippen LogP contribution in [-0.4, -0.2) is 20.8 Å². The first-order valence-electron chi connectivity index (χ1n) is 5.85. The molecule has 0 saturated heterocycles. The maximum Gasteiger partial charge on any atom is 0.0897 e. The zero-order chi connectivity index (χ0) is 12.3. The Kier molecular flexibility index (Phi) is 3.91. The van der Waals surface area contributed by atoms with Crippen LogP contribution in [0.1, 0.15) is 23.2 Å². The molecule has 0 amide bonds. The van der Waals surface area contributed by atoms with Crippen molar-refractivity contribution in [2.24, 2.45) is 5.73 Å². The van der Waals surface area contributed by atoms with Gasteiger partial charge in [-0.3, -0.25) is 4.68 Å². The Bertz CT molecular complexity index is 474. The zero-order valence-corrected chi connectivity index (χ0v) is 11.1. The van der Waals surface area contributed by atoms with E-state index in [0.717, 1.165) is 30.1 Å². The van der Waals surface area contributed by atoms with E-state index >= 15 is 0 Å². The molecule has 0 radical (unpaired) electrons. The first-order chi connectivity index (χ1) is 8.17. The molecule has 0 fully saturated rings. The van der Waals surface area contributed by atoms with Crippen LogP contribution < -0.4 is 5.73 Å². The van der Waals surface area contributed by atoms with E-state index in [4.69, 9.17) is 5.73 Å². The van der Waals surface area contributed by atoms with Gasteiger partial charge >= 0.3 is 0 Å². The van der Waals surface area contributed by atoms with E-state index in [1.54, 1.807) is 11.3 Å². The van der Waals surface area contributed by atoms with E-state index in [0.29, 0.717) is 0 Å². The van der Waals surface area contributed by atoms with Gasteiger partial charge in [-0.2, -0.15) is 5.10 Å². The summed E-state index contributed by atoms with van der Waals surface area (Å²) in [7, 11) is 0. The van der Waals surface area contributed by atoms with Crippen LogP contribution in [0.5, 0.6) is 0 Å². The Morgan fingerprint density at radius 3 is 2.88 bits per heavy atom. The second-order valence-electron chi connectivity index (χ2n) is 4.23. The predicted octanol–water partition coefficient (Wildman–Crippen LogP) is 1.78. The number of nitrogens with two attached hydrogens (primary N) is 1. The van der Waals surface area contributed by atoms with Crippen LogP contribution in [-0.2, 0) is 19.4 Å². The van der Waals surface area contributed by atoms with Crippen molar-refractivity contribution in [3.8, 4) is 0 Å². The summed E-state index contributed by atoms with van der Waals surface area (Å²) in [6.45, 7) is 5.00. The van der Waals surface area contributed by atoms with Crippen LogP contribution >= 0.6 is 11.3 Å². The highest BCUT2D eigenvalue weighted by molar-refractivity contribution is 7.09. The lowest BCUT2D eigenvalue weighted by atomic mass is 10.1. The van der Waals surface area contributed by atoms with Gasteiger partial charge in [0.15, 0.2) is 0 Å². The average Bonchev–Trinajstić information content (AvgIpc) is 2.88. The van der Waals surface area contributed by atoms with Crippen molar-refractivity contribution in [2.45, 2.75) is 39.3 Å². The first-order valence-corrected chi connectivity index (χ1v) is 6.73. The summed E-state index contributed by atoms with van der Waals surface area (Å²) < 4.78 is 1.93. The molecule has 92 valence electrons. The molecule has 0 aliphatic rings. The fourth-order valence-corrected chi connectivity index (χ4v) is 2.46. The standard InChI is InChI=1S/C12H18N4S/c1-3-16-7-10(6-14-16)4-11(13)5-12-8-17-9(2)15-12/h6-8,11H,3-5,13H2,1-2H3. The van der Waals surface area contributed by atoms with E-state index < -0.39 is 0 Å². The van der Waals surface area contributed by atoms with Crippen molar-refractivity contribution in [3.63, 3.8) is 0 Å². The fourth-order valence-electron chi connectivity index (χ4n) is 1.83. The molecule has 0 spiro atoms. The summed E-state index contributed by atoms with van der Waals surface area (Å²) >= 11 is 1.68. The second kappa shape index (κ2) is 5.42. The lowest BCUT2D eigenvalue weighted by molar-refractivity contribution is 0.646. The van der Waals surface area contributed by atoms with Crippen molar-refractivity contribution >= 4 is 11.3 Å². The van der Waals surface area contributed by atoms with E-state index in [1.165, 1.54) is 5.56 Å². The Labute approximate surface area is 105 Å². The molecule has 0 saturated carbocycles. The lowest BCUT2D eigenvalue weighted by Crippen LogP contribution is -2.25. The number of thiazole rings is 1. The number of hydrogen-bond donors (Lipinski definition) is 1. The lowest BCUT2D eigenvalue weighted by Gasteiger charge is -2.07. The summed E-state index contributed by atoms with van der Waals surface area (Å²) in [4.78, 5) is 4.43. The highest BCUT2D eigenvalue weighted by Crippen LogP contribution is 2.11. The highest BCUT2D eigenvalue weighted by atomic mass is 32.1. The quantitative estimate of drug-likeness (QED) is 0.880. The maximum absolute atomic E-state index is 6.13. The van der Waals surface area contributed by atoms with Crippen molar-refractivity contribution in [3.05, 3.63) is 34.0 Å². The van der Waals surface area contributed by atoms with Crippen molar-refractivity contribution in [2.75, 3.05) is 0 Å². The number of aryl methyl sites for hydroxylation is 2. The summed E-state index contributed by atoms with van der Waals surface area (Å²) in [6.07, 6.45) is 5.65. The molecule has 0 aliphatic carbocycles. The largest absolute Gasteiger partial charge is 0.327 e. The SMILES string of the molecule is CCn1cc(CC(N)Cc2csc(C)n2)cn1. The third-order valence-electron chi connectivity index (χ3n) is 2.65. The Morgan fingerprint density at radius 1 is 1.47 bits per heavy atom. The topological polar surface area (TPSA) is 56.7 Å². The van der Waals surface area contributed by atoms with E-state index in [1.807, 2.05) is 17.8 Å². The van der Waals surface area contributed by atoms with Gasteiger partial charge in [0, 0.05) is 30.6 Å².